The maximum absolute atomic E-state index is 4.45. The minimum absolute atomic E-state index is 0.358. The number of benzene rings is 1. The summed E-state index contributed by atoms with van der Waals surface area (Å²) >= 11 is 0. The van der Waals surface area contributed by atoms with Crippen LogP contribution in [-0.4, -0.2) is 32.4 Å². The second-order valence-corrected chi connectivity index (χ2v) is 5.28. The van der Waals surface area contributed by atoms with E-state index in [1.807, 2.05) is 36.4 Å². The van der Waals surface area contributed by atoms with Gasteiger partial charge in [0.25, 0.3) is 0 Å². The normalized spacial score (nSPS) is 12.9. The molecule has 1 aromatic carbocycles. The van der Waals surface area contributed by atoms with Gasteiger partial charge in [0.05, 0.1) is 23.6 Å². The SMILES string of the molecule is CCn1cc(CC(Cn2cnc3ccccc32)NC)cn1. The van der Waals surface area contributed by atoms with Crippen molar-refractivity contribution in [3.8, 4) is 0 Å². The molecule has 0 aliphatic carbocycles. The number of rotatable bonds is 6. The van der Waals surface area contributed by atoms with Crippen molar-refractivity contribution in [2.75, 3.05) is 7.05 Å². The molecule has 3 aromatic rings. The number of nitrogens with one attached hydrogen (secondary N) is 1. The lowest BCUT2D eigenvalue weighted by Gasteiger charge is -2.16. The van der Waals surface area contributed by atoms with E-state index in [1.54, 1.807) is 0 Å². The largest absolute Gasteiger partial charge is 0.329 e. The second-order valence-electron chi connectivity index (χ2n) is 5.28. The molecule has 5 heteroatoms. The van der Waals surface area contributed by atoms with Crippen molar-refractivity contribution in [3.05, 3.63) is 48.5 Å². The molecule has 110 valence electrons. The lowest BCUT2D eigenvalue weighted by molar-refractivity contribution is 0.484. The Morgan fingerprint density at radius 3 is 2.90 bits per heavy atom. The summed E-state index contributed by atoms with van der Waals surface area (Å²) in [6.07, 6.45) is 6.96. The summed E-state index contributed by atoms with van der Waals surface area (Å²) in [5.41, 5.74) is 3.49. The summed E-state index contributed by atoms with van der Waals surface area (Å²) in [5, 5.41) is 7.73. The lowest BCUT2D eigenvalue weighted by atomic mass is 10.1. The van der Waals surface area contributed by atoms with Gasteiger partial charge in [0.2, 0.25) is 0 Å². The van der Waals surface area contributed by atoms with Gasteiger partial charge in [0, 0.05) is 25.3 Å². The predicted octanol–water partition coefficient (Wildman–Crippen LogP) is 2.08. The Morgan fingerprint density at radius 1 is 1.29 bits per heavy atom. The molecule has 3 rings (SSSR count). The van der Waals surface area contributed by atoms with E-state index in [0.717, 1.165) is 25.0 Å². The van der Waals surface area contributed by atoms with Crippen molar-refractivity contribution < 1.29 is 0 Å². The molecule has 5 nitrogen and oxygen atoms in total. The number of imidazole rings is 1. The van der Waals surface area contributed by atoms with Crippen LogP contribution in [-0.2, 0) is 19.5 Å². The van der Waals surface area contributed by atoms with Gasteiger partial charge in [-0.3, -0.25) is 4.68 Å². The highest BCUT2D eigenvalue weighted by Gasteiger charge is 2.11. The molecule has 0 saturated carbocycles. The summed E-state index contributed by atoms with van der Waals surface area (Å²) in [7, 11) is 2.01. The standard InChI is InChI=1S/C16H21N5/c1-3-21-10-13(9-19-21)8-14(17-2)11-20-12-18-15-6-4-5-7-16(15)20/h4-7,9-10,12,14,17H,3,8,11H2,1-2H3. The average Bonchev–Trinajstić information content (AvgIpc) is 3.14. The zero-order valence-corrected chi connectivity index (χ0v) is 12.5. The highest BCUT2D eigenvalue weighted by atomic mass is 15.3. The molecule has 0 fully saturated rings. The first-order valence-electron chi connectivity index (χ1n) is 7.38. The summed E-state index contributed by atoms with van der Waals surface area (Å²) in [6.45, 7) is 3.91. The minimum Gasteiger partial charge on any atom is -0.329 e. The summed E-state index contributed by atoms with van der Waals surface area (Å²) < 4.78 is 4.18. The Hall–Kier alpha value is -2.14. The van der Waals surface area contributed by atoms with Crippen LogP contribution in [0.2, 0.25) is 0 Å². The van der Waals surface area contributed by atoms with Crippen molar-refractivity contribution >= 4 is 11.0 Å². The van der Waals surface area contributed by atoms with E-state index in [1.165, 1.54) is 11.1 Å². The van der Waals surface area contributed by atoms with Crippen LogP contribution >= 0.6 is 0 Å². The molecule has 1 N–H and O–H groups in total. The van der Waals surface area contributed by atoms with Crippen molar-refractivity contribution in [2.45, 2.75) is 32.5 Å². The number of para-hydroxylation sites is 2. The molecule has 0 aliphatic rings. The van der Waals surface area contributed by atoms with E-state index in [0.29, 0.717) is 6.04 Å². The van der Waals surface area contributed by atoms with Crippen LogP contribution in [0.5, 0.6) is 0 Å². The van der Waals surface area contributed by atoms with E-state index in [9.17, 15) is 0 Å². The molecule has 2 heterocycles. The van der Waals surface area contributed by atoms with Gasteiger partial charge in [-0.15, -0.1) is 0 Å². The van der Waals surface area contributed by atoms with Crippen LogP contribution in [0, 0.1) is 0 Å². The van der Waals surface area contributed by atoms with Crippen LogP contribution in [0.15, 0.2) is 43.0 Å². The number of fused-ring (bicyclic) bond motifs is 1. The number of aryl methyl sites for hydroxylation is 1. The first-order valence-corrected chi connectivity index (χ1v) is 7.38. The Kier molecular flexibility index (Phi) is 4.01. The van der Waals surface area contributed by atoms with Gasteiger partial charge in [-0.25, -0.2) is 4.98 Å². The van der Waals surface area contributed by atoms with Crippen molar-refractivity contribution in [1.29, 1.82) is 0 Å². The van der Waals surface area contributed by atoms with Crippen LogP contribution < -0.4 is 5.32 Å². The van der Waals surface area contributed by atoms with Gasteiger partial charge in [-0.05, 0) is 38.1 Å². The van der Waals surface area contributed by atoms with Gasteiger partial charge in [-0.1, -0.05) is 12.1 Å². The zero-order valence-electron chi connectivity index (χ0n) is 12.5. The van der Waals surface area contributed by atoms with E-state index < -0.39 is 0 Å². The maximum Gasteiger partial charge on any atom is 0.0958 e. The van der Waals surface area contributed by atoms with Gasteiger partial charge >= 0.3 is 0 Å². The Morgan fingerprint density at radius 2 is 2.14 bits per heavy atom. The van der Waals surface area contributed by atoms with Crippen LogP contribution in [0.4, 0.5) is 0 Å². The smallest absolute Gasteiger partial charge is 0.0958 e. The fourth-order valence-corrected chi connectivity index (χ4v) is 2.62. The zero-order chi connectivity index (χ0) is 14.7. The third-order valence-electron chi connectivity index (χ3n) is 3.85. The fraction of sp³-hybridized carbons (Fsp3) is 0.375. The van der Waals surface area contributed by atoms with E-state index in [-0.39, 0.29) is 0 Å². The molecular weight excluding hydrogens is 262 g/mol. The molecule has 0 radical (unpaired) electrons. The predicted molar refractivity (Wildman–Crippen MR) is 84.2 cm³/mol. The molecule has 1 atom stereocenters. The van der Waals surface area contributed by atoms with Crippen molar-refractivity contribution in [1.82, 2.24) is 24.6 Å². The third kappa shape index (κ3) is 2.97. The molecular formula is C16H21N5. The molecule has 0 saturated heterocycles. The van der Waals surface area contributed by atoms with Crippen LogP contribution in [0.25, 0.3) is 11.0 Å². The minimum atomic E-state index is 0.358. The average molecular weight is 283 g/mol. The van der Waals surface area contributed by atoms with E-state index in [2.05, 4.69) is 45.2 Å². The third-order valence-corrected chi connectivity index (χ3v) is 3.85. The Balaban J connectivity index is 1.74. The molecule has 2 aromatic heterocycles. The summed E-state index contributed by atoms with van der Waals surface area (Å²) in [5.74, 6) is 0. The number of hydrogen-bond acceptors (Lipinski definition) is 3. The van der Waals surface area contributed by atoms with Gasteiger partial charge in [-0.2, -0.15) is 5.10 Å². The highest BCUT2D eigenvalue weighted by Crippen LogP contribution is 2.13. The molecule has 21 heavy (non-hydrogen) atoms. The summed E-state index contributed by atoms with van der Waals surface area (Å²) in [6, 6.07) is 8.60. The Bertz CT molecular complexity index is 712. The van der Waals surface area contributed by atoms with Gasteiger partial charge in [0.1, 0.15) is 0 Å². The second kappa shape index (κ2) is 6.10. The highest BCUT2D eigenvalue weighted by molar-refractivity contribution is 5.74. The molecule has 0 bridgehead atoms. The van der Waals surface area contributed by atoms with Crippen molar-refractivity contribution in [2.24, 2.45) is 0 Å². The Labute approximate surface area is 124 Å². The maximum atomic E-state index is 4.45. The topological polar surface area (TPSA) is 47.7 Å². The molecule has 0 aliphatic heterocycles. The van der Waals surface area contributed by atoms with Crippen LogP contribution in [0.3, 0.4) is 0 Å². The van der Waals surface area contributed by atoms with Crippen LogP contribution in [0.1, 0.15) is 12.5 Å². The summed E-state index contributed by atoms with van der Waals surface area (Å²) in [4.78, 5) is 4.45. The first kappa shape index (κ1) is 13.8. The van der Waals surface area contributed by atoms with Gasteiger partial charge in [0.15, 0.2) is 0 Å². The number of likely N-dealkylation sites (N-methyl/N-ethyl adjacent to an activating group) is 1. The fourth-order valence-electron chi connectivity index (χ4n) is 2.62. The van der Waals surface area contributed by atoms with E-state index >= 15 is 0 Å². The number of hydrogen-bond donors (Lipinski definition) is 1. The molecule has 1 unspecified atom stereocenters. The first-order chi connectivity index (χ1) is 10.3. The number of nitrogens with zero attached hydrogens (tertiary/aromatic N) is 4. The van der Waals surface area contributed by atoms with Crippen molar-refractivity contribution in [3.63, 3.8) is 0 Å². The number of aromatic nitrogens is 4. The van der Waals surface area contributed by atoms with Gasteiger partial charge < -0.3 is 9.88 Å². The molecule has 0 spiro atoms. The van der Waals surface area contributed by atoms with E-state index in [4.69, 9.17) is 0 Å². The quantitative estimate of drug-likeness (QED) is 0.753. The lowest BCUT2D eigenvalue weighted by Crippen LogP contribution is -2.32. The monoisotopic (exact) mass is 283 g/mol. The molecule has 0 amide bonds.